The summed E-state index contributed by atoms with van der Waals surface area (Å²) in [5.41, 5.74) is 0. The maximum atomic E-state index is 12.3. The SMILES string of the molecule is C=CCOS(=O)(=O)c1cccc2cc3ccccc3cc12.[Li]. The molecule has 3 aromatic rings. The molecule has 1 radical (unpaired) electrons. The fourth-order valence-corrected chi connectivity index (χ4v) is 3.45. The van der Waals surface area contributed by atoms with E-state index >= 15 is 0 Å². The molecule has 3 aromatic carbocycles. The zero-order valence-corrected chi connectivity index (χ0v) is 13.1. The van der Waals surface area contributed by atoms with Crippen LogP contribution in [0.25, 0.3) is 21.5 Å². The minimum Gasteiger partial charge on any atom is -0.262 e. The maximum Gasteiger partial charge on any atom is 0.297 e. The van der Waals surface area contributed by atoms with Gasteiger partial charge in [0.25, 0.3) is 10.1 Å². The van der Waals surface area contributed by atoms with Crippen molar-refractivity contribution in [2.45, 2.75) is 4.90 Å². The van der Waals surface area contributed by atoms with E-state index in [1.807, 2.05) is 42.5 Å². The third kappa shape index (κ3) is 3.11. The minimum atomic E-state index is -3.79. The van der Waals surface area contributed by atoms with Crippen LogP contribution in [-0.4, -0.2) is 33.9 Å². The van der Waals surface area contributed by atoms with E-state index in [1.165, 1.54) is 6.08 Å². The van der Waals surface area contributed by atoms with Gasteiger partial charge in [-0.1, -0.05) is 42.5 Å². The van der Waals surface area contributed by atoms with Crippen molar-refractivity contribution >= 4 is 50.5 Å². The summed E-state index contributed by atoms with van der Waals surface area (Å²) < 4.78 is 29.5. The molecule has 0 aliphatic rings. The van der Waals surface area contributed by atoms with Crippen LogP contribution in [0.4, 0.5) is 0 Å². The fraction of sp³-hybridized carbons (Fsp3) is 0.0588. The van der Waals surface area contributed by atoms with Gasteiger partial charge in [0, 0.05) is 24.2 Å². The quantitative estimate of drug-likeness (QED) is 0.321. The van der Waals surface area contributed by atoms with Gasteiger partial charge in [-0.05, 0) is 34.4 Å². The first-order valence-electron chi connectivity index (χ1n) is 6.54. The molecule has 0 aliphatic carbocycles. The van der Waals surface area contributed by atoms with Crippen LogP contribution in [0.2, 0.25) is 0 Å². The van der Waals surface area contributed by atoms with Crippen LogP contribution in [-0.2, 0) is 14.3 Å². The largest absolute Gasteiger partial charge is 0.297 e. The van der Waals surface area contributed by atoms with Gasteiger partial charge in [0.1, 0.15) is 4.90 Å². The molecule has 5 heteroatoms. The van der Waals surface area contributed by atoms with Crippen LogP contribution in [0.5, 0.6) is 0 Å². The Morgan fingerprint density at radius 2 is 1.59 bits per heavy atom. The molecule has 0 bridgehead atoms. The van der Waals surface area contributed by atoms with Gasteiger partial charge >= 0.3 is 0 Å². The first-order valence-corrected chi connectivity index (χ1v) is 7.94. The molecule has 0 aliphatic heterocycles. The minimum absolute atomic E-state index is 0. The molecule has 22 heavy (non-hydrogen) atoms. The topological polar surface area (TPSA) is 43.4 Å². The zero-order valence-electron chi connectivity index (χ0n) is 12.3. The molecule has 0 saturated heterocycles. The van der Waals surface area contributed by atoms with Crippen molar-refractivity contribution in [3.8, 4) is 0 Å². The molecule has 0 aromatic heterocycles. The second kappa shape index (κ2) is 6.68. The van der Waals surface area contributed by atoms with Gasteiger partial charge in [-0.15, -0.1) is 6.58 Å². The van der Waals surface area contributed by atoms with E-state index in [0.717, 1.165) is 16.2 Å². The Hall–Kier alpha value is -1.57. The van der Waals surface area contributed by atoms with Crippen molar-refractivity contribution in [3.63, 3.8) is 0 Å². The van der Waals surface area contributed by atoms with Crippen LogP contribution in [0.15, 0.2) is 72.1 Å². The summed E-state index contributed by atoms with van der Waals surface area (Å²) in [7, 11) is -3.79. The number of fused-ring (bicyclic) bond motifs is 2. The summed E-state index contributed by atoms with van der Waals surface area (Å²) in [5.74, 6) is 0. The Labute approximate surface area is 141 Å². The number of rotatable bonds is 4. The average Bonchev–Trinajstić information content (AvgIpc) is 2.50. The van der Waals surface area contributed by atoms with E-state index in [4.69, 9.17) is 4.18 Å². The Morgan fingerprint density at radius 1 is 0.955 bits per heavy atom. The monoisotopic (exact) mass is 305 g/mol. The number of hydrogen-bond acceptors (Lipinski definition) is 3. The van der Waals surface area contributed by atoms with E-state index < -0.39 is 10.1 Å². The van der Waals surface area contributed by atoms with Gasteiger partial charge in [-0.2, -0.15) is 8.42 Å². The Morgan fingerprint density at radius 3 is 2.27 bits per heavy atom. The molecule has 0 unspecified atom stereocenters. The van der Waals surface area contributed by atoms with Crippen LogP contribution in [0.3, 0.4) is 0 Å². The standard InChI is InChI=1S/C17H14O3S.Li/c1-2-10-20-21(18,19)17-9-5-8-15-11-13-6-3-4-7-14(13)12-16(15)17;/h2-9,11-12H,1,10H2;. The first kappa shape index (κ1) is 16.8. The molecular formula is C17H14LiO3S. The molecule has 0 atom stereocenters. The second-order valence-electron chi connectivity index (χ2n) is 4.70. The second-order valence-corrected chi connectivity index (χ2v) is 6.29. The van der Waals surface area contributed by atoms with Gasteiger partial charge in [0.15, 0.2) is 0 Å². The summed E-state index contributed by atoms with van der Waals surface area (Å²) in [6.07, 6.45) is 1.41. The molecule has 0 amide bonds. The molecular weight excluding hydrogens is 291 g/mol. The summed E-state index contributed by atoms with van der Waals surface area (Å²) in [4.78, 5) is 0.188. The molecule has 107 valence electrons. The first-order chi connectivity index (χ1) is 10.1. The molecule has 0 saturated carbocycles. The van der Waals surface area contributed by atoms with E-state index in [9.17, 15) is 8.42 Å². The predicted octanol–water partition coefficient (Wildman–Crippen LogP) is 3.50. The predicted molar refractivity (Wildman–Crippen MR) is 90.5 cm³/mol. The Kier molecular flexibility index (Phi) is 5.10. The molecule has 3 rings (SSSR count). The third-order valence-corrected chi connectivity index (χ3v) is 4.66. The van der Waals surface area contributed by atoms with E-state index in [0.29, 0.717) is 5.39 Å². The van der Waals surface area contributed by atoms with Crippen LogP contribution in [0.1, 0.15) is 0 Å². The van der Waals surface area contributed by atoms with Gasteiger partial charge in [0.2, 0.25) is 0 Å². The van der Waals surface area contributed by atoms with E-state index in [2.05, 4.69) is 6.58 Å². The molecule has 3 nitrogen and oxygen atoms in total. The normalized spacial score (nSPS) is 11.3. The van der Waals surface area contributed by atoms with Crippen LogP contribution in [0, 0.1) is 0 Å². The van der Waals surface area contributed by atoms with Crippen molar-refractivity contribution in [1.29, 1.82) is 0 Å². The summed E-state index contributed by atoms with van der Waals surface area (Å²) in [6, 6.07) is 16.9. The average molecular weight is 305 g/mol. The van der Waals surface area contributed by atoms with Crippen molar-refractivity contribution in [1.82, 2.24) is 0 Å². The molecule has 0 heterocycles. The van der Waals surface area contributed by atoms with E-state index in [1.54, 1.807) is 12.1 Å². The summed E-state index contributed by atoms with van der Waals surface area (Å²) >= 11 is 0. The van der Waals surface area contributed by atoms with Crippen molar-refractivity contribution < 1.29 is 12.6 Å². The van der Waals surface area contributed by atoms with Crippen molar-refractivity contribution in [3.05, 3.63) is 67.3 Å². The van der Waals surface area contributed by atoms with Crippen molar-refractivity contribution in [2.75, 3.05) is 6.61 Å². The van der Waals surface area contributed by atoms with E-state index in [-0.39, 0.29) is 30.4 Å². The number of hydrogen-bond donors (Lipinski definition) is 0. The number of benzene rings is 3. The van der Waals surface area contributed by atoms with Gasteiger partial charge in [-0.3, -0.25) is 4.18 Å². The maximum absolute atomic E-state index is 12.3. The zero-order chi connectivity index (χ0) is 14.9. The molecule has 0 N–H and O–H groups in total. The van der Waals surface area contributed by atoms with Crippen LogP contribution < -0.4 is 0 Å². The summed E-state index contributed by atoms with van der Waals surface area (Å²) in [5, 5.41) is 3.61. The summed E-state index contributed by atoms with van der Waals surface area (Å²) in [6.45, 7) is 3.44. The Balaban J connectivity index is 0.00000176. The van der Waals surface area contributed by atoms with Crippen LogP contribution >= 0.6 is 0 Å². The van der Waals surface area contributed by atoms with Gasteiger partial charge in [0.05, 0.1) is 6.61 Å². The molecule has 0 spiro atoms. The third-order valence-electron chi connectivity index (χ3n) is 3.32. The fourth-order valence-electron chi connectivity index (χ4n) is 2.36. The van der Waals surface area contributed by atoms with Gasteiger partial charge < -0.3 is 0 Å². The Bertz CT molecular complexity index is 933. The smallest absolute Gasteiger partial charge is 0.262 e. The van der Waals surface area contributed by atoms with Gasteiger partial charge in [-0.25, -0.2) is 0 Å². The van der Waals surface area contributed by atoms with Crippen molar-refractivity contribution in [2.24, 2.45) is 0 Å². The molecule has 0 fully saturated rings.